The van der Waals surface area contributed by atoms with E-state index < -0.39 is 0 Å². The van der Waals surface area contributed by atoms with Gasteiger partial charge in [0, 0.05) is 18.3 Å². The van der Waals surface area contributed by atoms with Crippen LogP contribution in [0.4, 0.5) is 0 Å². The van der Waals surface area contributed by atoms with Crippen molar-refractivity contribution >= 4 is 0 Å². The summed E-state index contributed by atoms with van der Waals surface area (Å²) >= 11 is 0. The molecule has 4 nitrogen and oxygen atoms in total. The number of ether oxygens (including phenoxy) is 3. The highest BCUT2D eigenvalue weighted by Crippen LogP contribution is 2.36. The molecule has 1 aromatic heterocycles. The lowest BCUT2D eigenvalue weighted by molar-refractivity contribution is 0.174. The third-order valence-corrected chi connectivity index (χ3v) is 2.20. The van der Waals surface area contributed by atoms with Crippen LogP contribution >= 0.6 is 0 Å². The van der Waals surface area contributed by atoms with Gasteiger partial charge in [-0.05, 0) is 18.2 Å². The van der Waals surface area contributed by atoms with E-state index in [-0.39, 0.29) is 6.79 Å². The molecule has 0 aliphatic carbocycles. The molecule has 0 bridgehead atoms. The summed E-state index contributed by atoms with van der Waals surface area (Å²) < 4.78 is 16.0. The lowest BCUT2D eigenvalue weighted by Crippen LogP contribution is -1.92. The van der Waals surface area contributed by atoms with Gasteiger partial charge in [-0.3, -0.25) is 0 Å². The molecule has 1 aromatic carbocycles. The highest BCUT2D eigenvalue weighted by atomic mass is 16.7. The zero-order valence-corrected chi connectivity index (χ0v) is 8.42. The van der Waals surface area contributed by atoms with Crippen LogP contribution in [0.2, 0.25) is 0 Å². The van der Waals surface area contributed by atoms with E-state index in [0.717, 1.165) is 5.75 Å². The van der Waals surface area contributed by atoms with Crippen molar-refractivity contribution in [2.45, 2.75) is 0 Å². The zero-order valence-electron chi connectivity index (χ0n) is 8.42. The van der Waals surface area contributed by atoms with Gasteiger partial charge in [-0.25, -0.2) is 4.98 Å². The zero-order chi connectivity index (χ0) is 10.8. The lowest BCUT2D eigenvalue weighted by Gasteiger charge is -2.04. The van der Waals surface area contributed by atoms with Crippen molar-refractivity contribution in [1.82, 2.24) is 4.98 Å². The van der Waals surface area contributed by atoms with Crippen molar-refractivity contribution in [2.75, 3.05) is 6.79 Å². The second kappa shape index (κ2) is 3.73. The van der Waals surface area contributed by atoms with Gasteiger partial charge in [-0.2, -0.15) is 0 Å². The molecule has 0 atom stereocenters. The number of nitrogens with zero attached hydrogens (tertiary/aromatic N) is 1. The molecule has 0 radical (unpaired) electrons. The van der Waals surface area contributed by atoms with Gasteiger partial charge < -0.3 is 14.2 Å². The van der Waals surface area contributed by atoms with Crippen molar-refractivity contribution in [1.29, 1.82) is 0 Å². The molecular formula is C12H9NO3. The lowest BCUT2D eigenvalue weighted by atomic mass is 10.3. The molecule has 0 spiro atoms. The van der Waals surface area contributed by atoms with E-state index in [2.05, 4.69) is 4.98 Å². The summed E-state index contributed by atoms with van der Waals surface area (Å²) in [5, 5.41) is 0. The largest absolute Gasteiger partial charge is 0.454 e. The van der Waals surface area contributed by atoms with E-state index in [1.54, 1.807) is 18.3 Å². The molecule has 16 heavy (non-hydrogen) atoms. The Labute approximate surface area is 92.4 Å². The Balaban J connectivity index is 1.86. The smallest absolute Gasteiger partial charge is 0.231 e. The molecule has 80 valence electrons. The summed E-state index contributed by atoms with van der Waals surface area (Å²) in [4.78, 5) is 4.07. The molecule has 0 N–H and O–H groups in total. The second-order valence-electron chi connectivity index (χ2n) is 3.29. The SMILES string of the molecule is c1ccc(Oc2ccc3c(c2)OCO3)nc1. The van der Waals surface area contributed by atoms with Crippen LogP contribution in [-0.2, 0) is 0 Å². The predicted octanol–water partition coefficient (Wildman–Crippen LogP) is 2.60. The highest BCUT2D eigenvalue weighted by Gasteiger charge is 2.13. The third kappa shape index (κ3) is 1.65. The molecule has 1 aliphatic heterocycles. The summed E-state index contributed by atoms with van der Waals surface area (Å²) in [5.74, 6) is 2.69. The maximum atomic E-state index is 5.56. The van der Waals surface area contributed by atoms with Crippen molar-refractivity contribution in [2.24, 2.45) is 0 Å². The van der Waals surface area contributed by atoms with E-state index >= 15 is 0 Å². The van der Waals surface area contributed by atoms with Crippen molar-refractivity contribution in [3.8, 4) is 23.1 Å². The first-order chi connectivity index (χ1) is 7.92. The topological polar surface area (TPSA) is 40.6 Å². The van der Waals surface area contributed by atoms with E-state index in [1.165, 1.54) is 0 Å². The Morgan fingerprint density at radius 3 is 2.88 bits per heavy atom. The molecule has 0 saturated heterocycles. The third-order valence-electron chi connectivity index (χ3n) is 2.20. The number of fused-ring (bicyclic) bond motifs is 1. The average molecular weight is 215 g/mol. The van der Waals surface area contributed by atoms with Crippen molar-refractivity contribution < 1.29 is 14.2 Å². The summed E-state index contributed by atoms with van der Waals surface area (Å²) in [6.45, 7) is 0.266. The van der Waals surface area contributed by atoms with Gasteiger partial charge in [-0.15, -0.1) is 0 Å². The quantitative estimate of drug-likeness (QED) is 0.772. The van der Waals surface area contributed by atoms with Gasteiger partial charge in [0.1, 0.15) is 5.75 Å². The first-order valence-corrected chi connectivity index (χ1v) is 4.90. The molecular weight excluding hydrogens is 206 g/mol. The number of benzene rings is 1. The van der Waals surface area contributed by atoms with Crippen molar-refractivity contribution in [3.63, 3.8) is 0 Å². The number of hydrogen-bond donors (Lipinski definition) is 0. The summed E-state index contributed by atoms with van der Waals surface area (Å²) in [6, 6.07) is 10.9. The minimum Gasteiger partial charge on any atom is -0.454 e. The number of aromatic nitrogens is 1. The van der Waals surface area contributed by atoms with Gasteiger partial charge in [0.05, 0.1) is 0 Å². The van der Waals surface area contributed by atoms with Crippen LogP contribution < -0.4 is 14.2 Å². The van der Waals surface area contributed by atoms with Crippen LogP contribution in [-0.4, -0.2) is 11.8 Å². The average Bonchev–Trinajstić information content (AvgIpc) is 2.77. The predicted molar refractivity (Wildman–Crippen MR) is 56.9 cm³/mol. The maximum Gasteiger partial charge on any atom is 0.231 e. The molecule has 2 heterocycles. The van der Waals surface area contributed by atoms with Gasteiger partial charge in [0.15, 0.2) is 11.5 Å². The standard InChI is InChI=1S/C12H9NO3/c1-2-6-13-12(3-1)16-9-4-5-10-11(7-9)15-8-14-10/h1-7H,8H2. The Kier molecular flexibility index (Phi) is 2.11. The van der Waals surface area contributed by atoms with Crippen LogP contribution in [0, 0.1) is 0 Å². The molecule has 2 aromatic rings. The van der Waals surface area contributed by atoms with E-state index in [0.29, 0.717) is 17.4 Å². The van der Waals surface area contributed by atoms with E-state index in [9.17, 15) is 0 Å². The number of rotatable bonds is 2. The maximum absolute atomic E-state index is 5.56. The molecule has 0 saturated carbocycles. The minimum absolute atomic E-state index is 0.266. The van der Waals surface area contributed by atoms with Gasteiger partial charge in [-0.1, -0.05) is 6.07 Å². The Morgan fingerprint density at radius 1 is 1.06 bits per heavy atom. The summed E-state index contributed by atoms with van der Waals surface area (Å²) in [7, 11) is 0. The Morgan fingerprint density at radius 2 is 2.00 bits per heavy atom. The van der Waals surface area contributed by atoms with Crippen LogP contribution in [0.15, 0.2) is 42.6 Å². The van der Waals surface area contributed by atoms with E-state index in [1.807, 2.05) is 24.3 Å². The molecule has 0 unspecified atom stereocenters. The second-order valence-corrected chi connectivity index (χ2v) is 3.29. The minimum atomic E-state index is 0.266. The van der Waals surface area contributed by atoms with Gasteiger partial charge in [0.2, 0.25) is 12.7 Å². The number of pyridine rings is 1. The Hall–Kier alpha value is -2.23. The van der Waals surface area contributed by atoms with Crippen molar-refractivity contribution in [3.05, 3.63) is 42.6 Å². The Bertz CT molecular complexity index is 499. The molecule has 0 amide bonds. The monoisotopic (exact) mass is 215 g/mol. The summed E-state index contributed by atoms with van der Waals surface area (Å²) in [5.41, 5.74) is 0. The number of hydrogen-bond acceptors (Lipinski definition) is 4. The fourth-order valence-electron chi connectivity index (χ4n) is 1.47. The fourth-order valence-corrected chi connectivity index (χ4v) is 1.47. The molecule has 0 fully saturated rings. The first-order valence-electron chi connectivity index (χ1n) is 4.90. The van der Waals surface area contributed by atoms with Crippen LogP contribution in [0.3, 0.4) is 0 Å². The fraction of sp³-hybridized carbons (Fsp3) is 0.0833. The first kappa shape index (κ1) is 9.03. The van der Waals surface area contributed by atoms with Gasteiger partial charge in [0.25, 0.3) is 0 Å². The normalized spacial score (nSPS) is 12.5. The van der Waals surface area contributed by atoms with Crippen LogP contribution in [0.25, 0.3) is 0 Å². The van der Waals surface area contributed by atoms with Gasteiger partial charge >= 0.3 is 0 Å². The highest BCUT2D eigenvalue weighted by molar-refractivity contribution is 5.47. The van der Waals surface area contributed by atoms with E-state index in [4.69, 9.17) is 14.2 Å². The molecule has 4 heteroatoms. The summed E-state index contributed by atoms with van der Waals surface area (Å²) in [6.07, 6.45) is 1.68. The molecule has 1 aliphatic rings. The van der Waals surface area contributed by atoms with Crippen LogP contribution in [0.1, 0.15) is 0 Å². The molecule has 3 rings (SSSR count). The van der Waals surface area contributed by atoms with Crippen LogP contribution in [0.5, 0.6) is 23.1 Å².